The van der Waals surface area contributed by atoms with Crippen LogP contribution in [0.3, 0.4) is 0 Å². The molecule has 0 bridgehead atoms. The van der Waals surface area contributed by atoms with Gasteiger partial charge in [-0.15, -0.1) is 10.2 Å². The minimum Gasteiger partial charge on any atom is -0.465 e. The van der Waals surface area contributed by atoms with Gasteiger partial charge in [-0.3, -0.25) is 9.36 Å². The Morgan fingerprint density at radius 2 is 1.51 bits per heavy atom. The molecule has 5 rings (SSSR count). The number of rotatable bonds is 9. The Kier molecular flexibility index (Phi) is 7.38. The molecule has 2 aromatic carbocycles. The summed E-state index contributed by atoms with van der Waals surface area (Å²) in [4.78, 5) is 38.0. The topological polar surface area (TPSA) is 105 Å². The molecule has 0 atom stereocenters. The first-order valence-corrected chi connectivity index (χ1v) is 13.5. The summed E-state index contributed by atoms with van der Waals surface area (Å²) in [6.07, 6.45) is 2.19. The molecule has 0 amide bonds. The van der Waals surface area contributed by atoms with E-state index in [1.807, 2.05) is 59.4 Å². The average Bonchev–Trinajstić information content (AvgIpc) is 3.64. The first-order valence-electron chi connectivity index (χ1n) is 12.5. The third-order valence-electron chi connectivity index (χ3n) is 6.70. The molecule has 0 unspecified atom stereocenters. The van der Waals surface area contributed by atoms with E-state index in [1.165, 1.54) is 32.0 Å². The zero-order chi connectivity index (χ0) is 27.7. The summed E-state index contributed by atoms with van der Waals surface area (Å²) < 4.78 is 13.6. The number of Topliss-reactive ketones (excluding diaryl/α,β-unsaturated/α-hetero) is 1. The molecule has 0 aliphatic heterocycles. The number of methoxy groups -OCH3 is 2. The second kappa shape index (κ2) is 10.9. The van der Waals surface area contributed by atoms with Crippen LogP contribution in [-0.2, 0) is 9.47 Å². The third kappa shape index (κ3) is 5.24. The van der Waals surface area contributed by atoms with Crippen LogP contribution >= 0.6 is 11.8 Å². The van der Waals surface area contributed by atoms with Crippen molar-refractivity contribution in [3.8, 4) is 11.4 Å². The van der Waals surface area contributed by atoms with Crippen molar-refractivity contribution in [2.45, 2.75) is 37.8 Å². The number of nitrogens with zero attached hydrogens (tertiary/aromatic N) is 4. The summed E-state index contributed by atoms with van der Waals surface area (Å²) in [5.74, 6) is 0.288. The molecule has 2 aromatic heterocycles. The molecule has 10 heteroatoms. The summed E-state index contributed by atoms with van der Waals surface area (Å²) in [5.41, 5.74) is 3.97. The van der Waals surface area contributed by atoms with E-state index >= 15 is 0 Å². The smallest absolute Gasteiger partial charge is 0.337 e. The van der Waals surface area contributed by atoms with E-state index in [9.17, 15) is 14.4 Å². The minimum atomic E-state index is -0.578. The monoisotopic (exact) mass is 544 g/mol. The second-order valence-corrected chi connectivity index (χ2v) is 10.3. The van der Waals surface area contributed by atoms with Crippen molar-refractivity contribution in [1.82, 2.24) is 19.3 Å². The Balaban J connectivity index is 1.44. The zero-order valence-electron chi connectivity index (χ0n) is 22.1. The third-order valence-corrected chi connectivity index (χ3v) is 7.63. The van der Waals surface area contributed by atoms with Crippen molar-refractivity contribution in [1.29, 1.82) is 0 Å². The van der Waals surface area contributed by atoms with Gasteiger partial charge in [0, 0.05) is 34.2 Å². The average molecular weight is 545 g/mol. The van der Waals surface area contributed by atoms with Gasteiger partial charge in [-0.25, -0.2) is 9.59 Å². The van der Waals surface area contributed by atoms with Crippen molar-refractivity contribution in [2.75, 3.05) is 20.0 Å². The highest BCUT2D eigenvalue weighted by atomic mass is 32.2. The van der Waals surface area contributed by atoms with E-state index in [2.05, 4.69) is 10.2 Å². The number of aromatic nitrogens is 4. The quantitative estimate of drug-likeness (QED) is 0.163. The van der Waals surface area contributed by atoms with Crippen molar-refractivity contribution in [2.24, 2.45) is 0 Å². The highest BCUT2D eigenvalue weighted by Crippen LogP contribution is 2.41. The summed E-state index contributed by atoms with van der Waals surface area (Å²) in [7, 11) is 2.55. The fourth-order valence-electron chi connectivity index (χ4n) is 4.66. The standard InChI is InChI=1S/C29H28N4O5S/c1-17-12-24(18(2)32(17)23-14-20(27(35)37-3)13-21(15-23)28(36)38-4)25(34)16-39-29-31-30-26(19-10-11-19)33(29)22-8-6-5-7-9-22/h5-9,12-15,19H,10-11,16H2,1-4H3. The number of esters is 2. The molecular weight excluding hydrogens is 516 g/mol. The summed E-state index contributed by atoms with van der Waals surface area (Å²) in [6.45, 7) is 3.71. The maximum Gasteiger partial charge on any atom is 0.337 e. The summed E-state index contributed by atoms with van der Waals surface area (Å²) >= 11 is 1.36. The lowest BCUT2D eigenvalue weighted by Gasteiger charge is -2.13. The number of hydrogen-bond acceptors (Lipinski definition) is 8. The maximum absolute atomic E-state index is 13.4. The fourth-order valence-corrected chi connectivity index (χ4v) is 5.50. The molecule has 1 aliphatic carbocycles. The second-order valence-electron chi connectivity index (χ2n) is 9.37. The Labute approximate surface area is 230 Å². The Bertz CT molecular complexity index is 1540. The Morgan fingerprint density at radius 1 is 0.872 bits per heavy atom. The van der Waals surface area contributed by atoms with Crippen LogP contribution < -0.4 is 0 Å². The zero-order valence-corrected chi connectivity index (χ0v) is 22.9. The van der Waals surface area contributed by atoms with E-state index in [1.54, 1.807) is 12.1 Å². The highest BCUT2D eigenvalue weighted by molar-refractivity contribution is 7.99. The van der Waals surface area contributed by atoms with Gasteiger partial charge in [0.2, 0.25) is 0 Å². The van der Waals surface area contributed by atoms with Crippen molar-refractivity contribution >= 4 is 29.5 Å². The molecule has 39 heavy (non-hydrogen) atoms. The predicted octanol–water partition coefficient (Wildman–Crippen LogP) is 5.10. The van der Waals surface area contributed by atoms with Crippen LogP contribution in [0.5, 0.6) is 0 Å². The number of benzene rings is 2. The molecular formula is C29H28N4O5S. The van der Waals surface area contributed by atoms with Gasteiger partial charge in [-0.2, -0.15) is 0 Å². The van der Waals surface area contributed by atoms with Crippen LogP contribution in [0.1, 0.15) is 67.0 Å². The Morgan fingerprint density at radius 3 is 2.10 bits per heavy atom. The number of ketones is 1. The molecule has 200 valence electrons. The molecule has 1 fully saturated rings. The Hall–Kier alpha value is -4.18. The number of hydrogen-bond donors (Lipinski definition) is 0. The number of para-hydroxylation sites is 1. The molecule has 0 spiro atoms. The van der Waals surface area contributed by atoms with Crippen LogP contribution in [0.15, 0.2) is 59.8 Å². The van der Waals surface area contributed by atoms with Gasteiger partial charge in [0.1, 0.15) is 5.82 Å². The van der Waals surface area contributed by atoms with Crippen LogP contribution in [0.4, 0.5) is 0 Å². The number of carbonyl (C=O) groups excluding carboxylic acids is 3. The van der Waals surface area contributed by atoms with Gasteiger partial charge < -0.3 is 14.0 Å². The molecule has 1 saturated carbocycles. The first kappa shape index (κ1) is 26.4. The van der Waals surface area contributed by atoms with Crippen LogP contribution in [0.25, 0.3) is 11.4 Å². The van der Waals surface area contributed by atoms with Gasteiger partial charge in [0.25, 0.3) is 0 Å². The molecule has 1 aliphatic rings. The van der Waals surface area contributed by atoms with E-state index < -0.39 is 11.9 Å². The highest BCUT2D eigenvalue weighted by Gasteiger charge is 2.31. The molecule has 0 saturated heterocycles. The van der Waals surface area contributed by atoms with Crippen LogP contribution in [0, 0.1) is 13.8 Å². The maximum atomic E-state index is 13.4. The number of carbonyl (C=O) groups is 3. The van der Waals surface area contributed by atoms with Crippen molar-refractivity contribution in [3.63, 3.8) is 0 Å². The molecule has 2 heterocycles. The lowest BCUT2D eigenvalue weighted by Crippen LogP contribution is -2.10. The van der Waals surface area contributed by atoms with Gasteiger partial charge >= 0.3 is 11.9 Å². The van der Waals surface area contributed by atoms with Crippen molar-refractivity contribution in [3.05, 3.63) is 88.5 Å². The SMILES string of the molecule is COC(=O)c1cc(C(=O)OC)cc(-n2c(C)cc(C(=O)CSc3nnc(C4CC4)n3-c3ccccc3)c2C)c1. The minimum absolute atomic E-state index is 0.0627. The van der Waals surface area contributed by atoms with Gasteiger partial charge in [0.05, 0.1) is 31.1 Å². The molecule has 4 aromatic rings. The lowest BCUT2D eigenvalue weighted by atomic mass is 10.1. The van der Waals surface area contributed by atoms with E-state index in [0.29, 0.717) is 28.0 Å². The lowest BCUT2D eigenvalue weighted by molar-refractivity contribution is 0.0598. The molecule has 0 radical (unpaired) electrons. The van der Waals surface area contributed by atoms with Crippen LogP contribution in [-0.4, -0.2) is 57.0 Å². The fraction of sp³-hybridized carbons (Fsp3) is 0.276. The first-order chi connectivity index (χ1) is 18.8. The normalized spacial score (nSPS) is 12.8. The predicted molar refractivity (Wildman–Crippen MR) is 146 cm³/mol. The summed E-state index contributed by atoms with van der Waals surface area (Å²) in [6, 6.07) is 16.4. The van der Waals surface area contributed by atoms with Gasteiger partial charge in [-0.05, 0) is 63.1 Å². The number of ether oxygens (including phenoxy) is 2. The van der Waals surface area contributed by atoms with Crippen LogP contribution in [0.2, 0.25) is 0 Å². The van der Waals surface area contributed by atoms with E-state index in [4.69, 9.17) is 9.47 Å². The van der Waals surface area contributed by atoms with E-state index in [-0.39, 0.29) is 22.7 Å². The number of aryl methyl sites for hydroxylation is 1. The van der Waals surface area contributed by atoms with E-state index in [0.717, 1.165) is 30.0 Å². The van der Waals surface area contributed by atoms with Crippen molar-refractivity contribution < 1.29 is 23.9 Å². The number of thioether (sulfide) groups is 1. The summed E-state index contributed by atoms with van der Waals surface area (Å²) in [5, 5.41) is 9.53. The largest absolute Gasteiger partial charge is 0.465 e. The van der Waals surface area contributed by atoms with Gasteiger partial charge in [0.15, 0.2) is 10.9 Å². The molecule has 0 N–H and O–H groups in total. The molecule has 9 nitrogen and oxygen atoms in total. The van der Waals surface area contributed by atoms with Gasteiger partial charge in [-0.1, -0.05) is 30.0 Å².